The Morgan fingerprint density at radius 2 is 1.83 bits per heavy atom. The molecule has 0 spiro atoms. The van der Waals surface area contributed by atoms with Crippen LogP contribution in [0.5, 0.6) is 0 Å². The van der Waals surface area contributed by atoms with Crippen molar-refractivity contribution >= 4 is 0 Å². The Morgan fingerprint density at radius 3 is 2.44 bits per heavy atom. The molecule has 0 bridgehead atoms. The van der Waals surface area contributed by atoms with Gasteiger partial charge in [-0.05, 0) is 30.0 Å². The van der Waals surface area contributed by atoms with Gasteiger partial charge in [-0.3, -0.25) is 4.90 Å². The highest BCUT2D eigenvalue weighted by Gasteiger charge is 2.30. The first kappa shape index (κ1) is 12.1. The van der Waals surface area contributed by atoms with Gasteiger partial charge in [-0.15, -0.1) is 0 Å². The second-order valence-corrected chi connectivity index (χ2v) is 5.53. The minimum absolute atomic E-state index is 0.135. The van der Waals surface area contributed by atoms with E-state index in [4.69, 9.17) is 0 Å². The number of rotatable bonds is 4. The van der Waals surface area contributed by atoms with Gasteiger partial charge < -0.3 is 5.32 Å². The summed E-state index contributed by atoms with van der Waals surface area (Å²) in [4.78, 5) is 2.56. The SMILES string of the molecule is Fc1ccc([C@@H](CC2CC2)N2CCNCC2)cc1. The third-order valence-electron chi connectivity index (χ3n) is 4.10. The van der Waals surface area contributed by atoms with E-state index in [2.05, 4.69) is 10.2 Å². The van der Waals surface area contributed by atoms with E-state index in [-0.39, 0.29) is 5.82 Å². The first-order chi connectivity index (χ1) is 8.83. The first-order valence-electron chi connectivity index (χ1n) is 7.03. The third-order valence-corrected chi connectivity index (χ3v) is 4.10. The summed E-state index contributed by atoms with van der Waals surface area (Å²) in [5, 5.41) is 3.40. The Balaban J connectivity index is 1.76. The number of halogens is 1. The molecule has 1 aromatic carbocycles. The molecule has 2 fully saturated rings. The van der Waals surface area contributed by atoms with Crippen LogP contribution in [0, 0.1) is 11.7 Å². The van der Waals surface area contributed by atoms with Crippen molar-refractivity contribution in [3.05, 3.63) is 35.6 Å². The molecule has 1 heterocycles. The maximum Gasteiger partial charge on any atom is 0.123 e. The summed E-state index contributed by atoms with van der Waals surface area (Å²) in [7, 11) is 0. The fourth-order valence-electron chi connectivity index (χ4n) is 2.84. The van der Waals surface area contributed by atoms with Crippen LogP contribution in [-0.4, -0.2) is 31.1 Å². The minimum Gasteiger partial charge on any atom is -0.314 e. The monoisotopic (exact) mass is 248 g/mol. The predicted molar refractivity (Wildman–Crippen MR) is 70.9 cm³/mol. The quantitative estimate of drug-likeness (QED) is 0.881. The van der Waals surface area contributed by atoms with Gasteiger partial charge in [-0.25, -0.2) is 4.39 Å². The van der Waals surface area contributed by atoms with Gasteiger partial charge in [0.15, 0.2) is 0 Å². The van der Waals surface area contributed by atoms with Gasteiger partial charge in [-0.2, -0.15) is 0 Å². The molecule has 1 aliphatic heterocycles. The molecule has 1 saturated carbocycles. The lowest BCUT2D eigenvalue weighted by atomic mass is 9.98. The average Bonchev–Trinajstić information content (AvgIpc) is 3.22. The van der Waals surface area contributed by atoms with Gasteiger partial charge in [0.2, 0.25) is 0 Å². The van der Waals surface area contributed by atoms with E-state index in [9.17, 15) is 4.39 Å². The molecule has 2 nitrogen and oxygen atoms in total. The van der Waals surface area contributed by atoms with Crippen molar-refractivity contribution in [1.82, 2.24) is 10.2 Å². The molecular formula is C15H21FN2. The molecule has 0 unspecified atom stereocenters. The highest BCUT2D eigenvalue weighted by Crippen LogP contribution is 2.40. The van der Waals surface area contributed by atoms with E-state index in [1.807, 2.05) is 12.1 Å². The van der Waals surface area contributed by atoms with Crippen molar-refractivity contribution < 1.29 is 4.39 Å². The molecule has 0 radical (unpaired) electrons. The number of hydrogen-bond donors (Lipinski definition) is 1. The number of hydrogen-bond acceptors (Lipinski definition) is 2. The summed E-state index contributed by atoms with van der Waals surface area (Å²) in [5.74, 6) is 0.763. The van der Waals surface area contributed by atoms with Gasteiger partial charge in [0, 0.05) is 32.2 Å². The van der Waals surface area contributed by atoms with Crippen LogP contribution in [-0.2, 0) is 0 Å². The van der Waals surface area contributed by atoms with E-state index in [1.54, 1.807) is 12.1 Å². The number of piperazine rings is 1. The van der Waals surface area contributed by atoms with Crippen LogP contribution in [0.15, 0.2) is 24.3 Å². The van der Waals surface area contributed by atoms with Crippen LogP contribution >= 0.6 is 0 Å². The summed E-state index contributed by atoms with van der Waals surface area (Å²) in [6.07, 6.45) is 4.00. The van der Waals surface area contributed by atoms with E-state index >= 15 is 0 Å². The highest BCUT2D eigenvalue weighted by molar-refractivity contribution is 5.20. The third kappa shape index (κ3) is 2.90. The average molecular weight is 248 g/mol. The standard InChI is InChI=1S/C15H21FN2/c16-14-5-3-13(4-6-14)15(11-12-1-2-12)18-9-7-17-8-10-18/h3-6,12,15,17H,1-2,7-11H2/t15-/m1/s1. The number of nitrogens with zero attached hydrogens (tertiary/aromatic N) is 1. The van der Waals surface area contributed by atoms with Crippen LogP contribution in [0.3, 0.4) is 0 Å². The Morgan fingerprint density at radius 1 is 1.17 bits per heavy atom. The van der Waals surface area contributed by atoms with Crippen molar-refractivity contribution in [2.45, 2.75) is 25.3 Å². The van der Waals surface area contributed by atoms with Crippen molar-refractivity contribution in [2.75, 3.05) is 26.2 Å². The van der Waals surface area contributed by atoms with Gasteiger partial charge in [0.1, 0.15) is 5.82 Å². The van der Waals surface area contributed by atoms with Crippen molar-refractivity contribution in [1.29, 1.82) is 0 Å². The van der Waals surface area contributed by atoms with Crippen LogP contribution < -0.4 is 5.32 Å². The Bertz CT molecular complexity index is 380. The summed E-state index contributed by atoms with van der Waals surface area (Å²) in [6, 6.07) is 7.60. The summed E-state index contributed by atoms with van der Waals surface area (Å²) in [6.45, 7) is 4.36. The Kier molecular flexibility index (Phi) is 3.62. The fourth-order valence-corrected chi connectivity index (χ4v) is 2.84. The molecule has 3 heteroatoms. The molecule has 98 valence electrons. The molecule has 1 saturated heterocycles. The lowest BCUT2D eigenvalue weighted by Gasteiger charge is -2.35. The molecule has 1 aromatic rings. The van der Waals surface area contributed by atoms with Gasteiger partial charge in [0.05, 0.1) is 0 Å². The molecule has 1 aliphatic carbocycles. The lowest BCUT2D eigenvalue weighted by Crippen LogP contribution is -2.45. The maximum atomic E-state index is 13.0. The van der Waals surface area contributed by atoms with Crippen molar-refractivity contribution in [2.24, 2.45) is 5.92 Å². The molecule has 1 N–H and O–H groups in total. The molecule has 18 heavy (non-hydrogen) atoms. The van der Waals surface area contributed by atoms with Crippen LogP contribution in [0.4, 0.5) is 4.39 Å². The van der Waals surface area contributed by atoms with E-state index in [0.717, 1.165) is 32.1 Å². The van der Waals surface area contributed by atoms with Crippen LogP contribution in [0.25, 0.3) is 0 Å². The maximum absolute atomic E-state index is 13.0. The zero-order chi connectivity index (χ0) is 12.4. The van der Waals surface area contributed by atoms with Crippen LogP contribution in [0.1, 0.15) is 30.9 Å². The summed E-state index contributed by atoms with van der Waals surface area (Å²) in [5.41, 5.74) is 1.28. The largest absolute Gasteiger partial charge is 0.314 e. The van der Waals surface area contributed by atoms with E-state index < -0.39 is 0 Å². The van der Waals surface area contributed by atoms with E-state index in [1.165, 1.54) is 24.8 Å². The highest BCUT2D eigenvalue weighted by atomic mass is 19.1. The lowest BCUT2D eigenvalue weighted by molar-refractivity contribution is 0.160. The normalized spacial score (nSPS) is 22.9. The summed E-state index contributed by atoms with van der Waals surface area (Å²) >= 11 is 0. The zero-order valence-corrected chi connectivity index (χ0v) is 10.7. The Labute approximate surface area is 108 Å². The van der Waals surface area contributed by atoms with Crippen LogP contribution in [0.2, 0.25) is 0 Å². The number of benzene rings is 1. The zero-order valence-electron chi connectivity index (χ0n) is 10.7. The molecule has 0 aromatic heterocycles. The van der Waals surface area contributed by atoms with E-state index in [0.29, 0.717) is 6.04 Å². The van der Waals surface area contributed by atoms with Crippen molar-refractivity contribution in [3.8, 4) is 0 Å². The Hall–Kier alpha value is -0.930. The molecular weight excluding hydrogens is 227 g/mol. The second-order valence-electron chi connectivity index (χ2n) is 5.53. The minimum atomic E-state index is -0.135. The molecule has 1 atom stereocenters. The van der Waals surface area contributed by atoms with Crippen molar-refractivity contribution in [3.63, 3.8) is 0 Å². The topological polar surface area (TPSA) is 15.3 Å². The van der Waals surface area contributed by atoms with Gasteiger partial charge >= 0.3 is 0 Å². The van der Waals surface area contributed by atoms with Gasteiger partial charge in [-0.1, -0.05) is 25.0 Å². The molecule has 0 amide bonds. The molecule has 3 rings (SSSR count). The fraction of sp³-hybridized carbons (Fsp3) is 0.600. The van der Waals surface area contributed by atoms with Gasteiger partial charge in [0.25, 0.3) is 0 Å². The predicted octanol–water partition coefficient (Wildman–Crippen LogP) is 2.57. The molecule has 2 aliphatic rings. The number of nitrogens with one attached hydrogen (secondary N) is 1. The first-order valence-corrected chi connectivity index (χ1v) is 7.03. The second kappa shape index (κ2) is 5.37. The smallest absolute Gasteiger partial charge is 0.123 e. The summed E-state index contributed by atoms with van der Waals surface area (Å²) < 4.78 is 13.0.